The Hall–Kier alpha value is -1.88. The number of carbonyl (C=O) groups excluding carboxylic acids is 2. The number of likely N-dealkylation sites (tertiary alicyclic amines) is 1. The van der Waals surface area contributed by atoms with E-state index >= 15 is 0 Å². The van der Waals surface area contributed by atoms with Crippen LogP contribution in [0.3, 0.4) is 0 Å². The summed E-state index contributed by atoms with van der Waals surface area (Å²) in [5.41, 5.74) is 2.21. The van der Waals surface area contributed by atoms with Crippen molar-refractivity contribution in [1.82, 2.24) is 10.2 Å². The first-order valence-corrected chi connectivity index (χ1v) is 8.93. The second-order valence-electron chi connectivity index (χ2n) is 6.87. The van der Waals surface area contributed by atoms with Gasteiger partial charge in [-0.25, -0.2) is 0 Å². The first-order chi connectivity index (χ1) is 11.7. The summed E-state index contributed by atoms with van der Waals surface area (Å²) < 4.78 is 0. The van der Waals surface area contributed by atoms with Crippen molar-refractivity contribution in [2.24, 2.45) is 0 Å². The Morgan fingerprint density at radius 3 is 2.67 bits per heavy atom. The summed E-state index contributed by atoms with van der Waals surface area (Å²) >= 11 is 0. The zero-order valence-electron chi connectivity index (χ0n) is 14.0. The van der Waals surface area contributed by atoms with Crippen LogP contribution in [0.15, 0.2) is 24.3 Å². The number of nitrogens with one attached hydrogen (secondary N) is 1. The topological polar surface area (TPSA) is 69.6 Å². The van der Waals surface area contributed by atoms with Gasteiger partial charge in [-0.2, -0.15) is 0 Å². The van der Waals surface area contributed by atoms with Gasteiger partial charge in [-0.1, -0.05) is 24.3 Å². The average molecular weight is 330 g/mol. The van der Waals surface area contributed by atoms with Crippen molar-refractivity contribution < 1.29 is 14.7 Å². The molecule has 2 amide bonds. The predicted molar refractivity (Wildman–Crippen MR) is 91.3 cm³/mol. The van der Waals surface area contributed by atoms with Crippen LogP contribution in [0, 0.1) is 0 Å². The second kappa shape index (κ2) is 7.79. The standard InChI is InChI=1S/C19H26N2O3/c22-13-15-4-1-2-6-17(15)14-8-10-21(11-9-14)19(24)12-16-5-3-7-18(23)20-16/h1-2,4,6,14,16,22H,3,5,7-13H2,(H,20,23). The van der Waals surface area contributed by atoms with Crippen molar-refractivity contribution in [2.45, 2.75) is 57.1 Å². The van der Waals surface area contributed by atoms with Gasteiger partial charge in [-0.15, -0.1) is 0 Å². The molecule has 1 aromatic rings. The van der Waals surface area contributed by atoms with Crippen LogP contribution >= 0.6 is 0 Å². The average Bonchev–Trinajstić information content (AvgIpc) is 2.62. The molecule has 2 fully saturated rings. The van der Waals surface area contributed by atoms with E-state index in [1.54, 1.807) is 0 Å². The quantitative estimate of drug-likeness (QED) is 0.886. The first-order valence-electron chi connectivity index (χ1n) is 8.93. The van der Waals surface area contributed by atoms with E-state index in [0.29, 0.717) is 18.8 Å². The number of aliphatic hydroxyl groups excluding tert-OH is 1. The summed E-state index contributed by atoms with van der Waals surface area (Å²) in [7, 11) is 0. The molecule has 0 aliphatic carbocycles. The molecule has 1 unspecified atom stereocenters. The van der Waals surface area contributed by atoms with Crippen LogP contribution in [0.4, 0.5) is 0 Å². The molecule has 2 saturated heterocycles. The summed E-state index contributed by atoms with van der Waals surface area (Å²) in [5, 5.41) is 12.4. The number of carbonyl (C=O) groups is 2. The van der Waals surface area contributed by atoms with E-state index < -0.39 is 0 Å². The number of amides is 2. The van der Waals surface area contributed by atoms with E-state index in [-0.39, 0.29) is 24.5 Å². The first kappa shape index (κ1) is 17.0. The number of rotatable bonds is 4. The number of piperidine rings is 2. The highest BCUT2D eigenvalue weighted by Gasteiger charge is 2.27. The van der Waals surface area contributed by atoms with E-state index in [2.05, 4.69) is 11.4 Å². The molecule has 3 rings (SSSR count). The Balaban J connectivity index is 1.53. The molecule has 0 radical (unpaired) electrons. The summed E-state index contributed by atoms with van der Waals surface area (Å²) in [6, 6.07) is 8.03. The van der Waals surface area contributed by atoms with Gasteiger partial charge >= 0.3 is 0 Å². The zero-order valence-corrected chi connectivity index (χ0v) is 14.0. The van der Waals surface area contributed by atoms with Gasteiger partial charge < -0.3 is 15.3 Å². The maximum atomic E-state index is 12.5. The number of benzene rings is 1. The van der Waals surface area contributed by atoms with Crippen LogP contribution in [-0.4, -0.2) is 41.0 Å². The minimum absolute atomic E-state index is 0.00610. The van der Waals surface area contributed by atoms with Crippen molar-refractivity contribution in [2.75, 3.05) is 13.1 Å². The molecule has 2 aliphatic heterocycles. The molecular formula is C19H26N2O3. The van der Waals surface area contributed by atoms with Crippen molar-refractivity contribution in [1.29, 1.82) is 0 Å². The lowest BCUT2D eigenvalue weighted by molar-refractivity contribution is -0.133. The minimum atomic E-state index is 0.00610. The summed E-state index contributed by atoms with van der Waals surface area (Å²) in [5.74, 6) is 0.626. The van der Waals surface area contributed by atoms with Gasteiger partial charge in [-0.3, -0.25) is 9.59 Å². The molecule has 24 heavy (non-hydrogen) atoms. The van der Waals surface area contributed by atoms with Gasteiger partial charge in [0.25, 0.3) is 0 Å². The Kier molecular flexibility index (Phi) is 5.51. The molecule has 0 spiro atoms. The molecule has 0 bridgehead atoms. The third-order valence-electron chi connectivity index (χ3n) is 5.26. The summed E-state index contributed by atoms with van der Waals surface area (Å²) in [6.45, 7) is 1.57. The molecule has 1 aromatic carbocycles. The third kappa shape index (κ3) is 3.96. The Bertz CT molecular complexity index is 594. The number of hydrogen-bond donors (Lipinski definition) is 2. The monoisotopic (exact) mass is 330 g/mol. The molecule has 2 N–H and O–H groups in total. The van der Waals surface area contributed by atoms with Crippen LogP contribution in [0.25, 0.3) is 0 Å². The van der Waals surface area contributed by atoms with Gasteiger partial charge in [0.1, 0.15) is 0 Å². The summed E-state index contributed by atoms with van der Waals surface area (Å²) in [6.07, 6.45) is 4.64. The van der Waals surface area contributed by atoms with Crippen molar-refractivity contribution >= 4 is 11.8 Å². The molecular weight excluding hydrogens is 304 g/mol. The lowest BCUT2D eigenvalue weighted by Gasteiger charge is -2.34. The number of hydrogen-bond acceptors (Lipinski definition) is 3. The highest BCUT2D eigenvalue weighted by molar-refractivity contribution is 5.80. The SMILES string of the molecule is O=C1CCCC(CC(=O)N2CCC(c3ccccc3CO)CC2)N1. The Morgan fingerprint density at radius 2 is 1.96 bits per heavy atom. The molecule has 5 heteroatoms. The predicted octanol–water partition coefficient (Wildman–Crippen LogP) is 1.94. The number of aliphatic hydroxyl groups is 1. The van der Waals surface area contributed by atoms with Gasteiger partial charge in [-0.05, 0) is 42.7 Å². The van der Waals surface area contributed by atoms with Crippen LogP contribution in [0.1, 0.15) is 55.6 Å². The highest BCUT2D eigenvalue weighted by atomic mass is 16.3. The Labute approximate surface area is 143 Å². The van der Waals surface area contributed by atoms with Crippen molar-refractivity contribution in [3.63, 3.8) is 0 Å². The molecule has 0 saturated carbocycles. The molecule has 0 aromatic heterocycles. The molecule has 2 aliphatic rings. The van der Waals surface area contributed by atoms with Crippen LogP contribution in [0.5, 0.6) is 0 Å². The highest BCUT2D eigenvalue weighted by Crippen LogP contribution is 2.30. The second-order valence-corrected chi connectivity index (χ2v) is 6.87. The lowest BCUT2D eigenvalue weighted by Crippen LogP contribution is -2.45. The lowest BCUT2D eigenvalue weighted by atomic mass is 9.86. The molecule has 5 nitrogen and oxygen atoms in total. The summed E-state index contributed by atoms with van der Waals surface area (Å²) in [4.78, 5) is 25.8. The van der Waals surface area contributed by atoms with E-state index in [4.69, 9.17) is 0 Å². The van der Waals surface area contributed by atoms with Gasteiger partial charge in [0.05, 0.1) is 6.61 Å². The normalized spacial score (nSPS) is 22.3. The fraction of sp³-hybridized carbons (Fsp3) is 0.579. The molecule has 1 atom stereocenters. The van der Waals surface area contributed by atoms with E-state index in [1.807, 2.05) is 23.1 Å². The third-order valence-corrected chi connectivity index (χ3v) is 5.26. The fourth-order valence-electron chi connectivity index (χ4n) is 3.89. The largest absolute Gasteiger partial charge is 0.392 e. The van der Waals surface area contributed by atoms with E-state index in [1.165, 1.54) is 5.56 Å². The maximum absolute atomic E-state index is 12.5. The van der Waals surface area contributed by atoms with Crippen molar-refractivity contribution in [3.8, 4) is 0 Å². The van der Waals surface area contributed by atoms with E-state index in [9.17, 15) is 14.7 Å². The zero-order chi connectivity index (χ0) is 16.9. The fourth-order valence-corrected chi connectivity index (χ4v) is 3.89. The maximum Gasteiger partial charge on any atom is 0.224 e. The van der Waals surface area contributed by atoms with E-state index in [0.717, 1.165) is 44.3 Å². The Morgan fingerprint density at radius 1 is 1.21 bits per heavy atom. The number of nitrogens with zero attached hydrogens (tertiary/aromatic N) is 1. The minimum Gasteiger partial charge on any atom is -0.392 e. The smallest absolute Gasteiger partial charge is 0.224 e. The van der Waals surface area contributed by atoms with Crippen LogP contribution in [0.2, 0.25) is 0 Å². The molecule has 130 valence electrons. The van der Waals surface area contributed by atoms with Gasteiger partial charge in [0.15, 0.2) is 0 Å². The van der Waals surface area contributed by atoms with Crippen LogP contribution in [-0.2, 0) is 16.2 Å². The van der Waals surface area contributed by atoms with Gasteiger partial charge in [0.2, 0.25) is 11.8 Å². The van der Waals surface area contributed by atoms with Gasteiger partial charge in [0, 0.05) is 32.0 Å². The van der Waals surface area contributed by atoms with Crippen molar-refractivity contribution in [3.05, 3.63) is 35.4 Å². The molecule has 2 heterocycles. The van der Waals surface area contributed by atoms with Crippen LogP contribution < -0.4 is 5.32 Å².